The van der Waals surface area contributed by atoms with Gasteiger partial charge in [-0.1, -0.05) is 17.7 Å². The molecule has 1 amide bonds. The van der Waals surface area contributed by atoms with E-state index in [0.29, 0.717) is 49.2 Å². The molecule has 0 unspecified atom stereocenters. The van der Waals surface area contributed by atoms with Gasteiger partial charge < -0.3 is 14.4 Å². The van der Waals surface area contributed by atoms with Crippen molar-refractivity contribution in [3.8, 4) is 11.5 Å². The third-order valence-corrected chi connectivity index (χ3v) is 5.11. The van der Waals surface area contributed by atoms with Crippen molar-refractivity contribution >= 4 is 17.5 Å². The molecule has 5 nitrogen and oxygen atoms in total. The van der Waals surface area contributed by atoms with Crippen molar-refractivity contribution in [2.45, 2.75) is 13.5 Å². The molecule has 1 fully saturated rings. The van der Waals surface area contributed by atoms with E-state index in [0.717, 1.165) is 11.1 Å². The highest BCUT2D eigenvalue weighted by Gasteiger charge is 2.22. The minimum atomic E-state index is -0.281. The van der Waals surface area contributed by atoms with Gasteiger partial charge in [-0.05, 0) is 42.8 Å². The number of hydrogen-bond acceptors (Lipinski definition) is 4. The zero-order valence-corrected chi connectivity index (χ0v) is 16.8. The van der Waals surface area contributed by atoms with Crippen LogP contribution in [-0.2, 0) is 11.3 Å². The Morgan fingerprint density at radius 1 is 1.11 bits per heavy atom. The standard InChI is InChI=1S/C21H24ClFN2O3/c1-15-3-5-18(22)20(11-15)28-14-21(26)25-9-7-24(8-10-25)13-16-12-17(23)4-6-19(16)27-2/h3-6,11-12H,7-10,13-14H2,1-2H3. The second-order valence-electron chi connectivity index (χ2n) is 6.84. The van der Waals surface area contributed by atoms with Gasteiger partial charge >= 0.3 is 0 Å². The highest BCUT2D eigenvalue weighted by atomic mass is 35.5. The molecule has 0 saturated carbocycles. The predicted octanol–water partition coefficient (Wildman–Crippen LogP) is 3.52. The predicted molar refractivity (Wildman–Crippen MR) is 106 cm³/mol. The van der Waals surface area contributed by atoms with Gasteiger partial charge in [-0.2, -0.15) is 0 Å². The first-order chi connectivity index (χ1) is 13.5. The molecule has 0 spiro atoms. The van der Waals surface area contributed by atoms with Crippen molar-refractivity contribution in [2.24, 2.45) is 0 Å². The lowest BCUT2D eigenvalue weighted by molar-refractivity contribution is -0.135. The molecule has 2 aromatic rings. The Morgan fingerprint density at radius 3 is 2.57 bits per heavy atom. The van der Waals surface area contributed by atoms with E-state index in [9.17, 15) is 9.18 Å². The van der Waals surface area contributed by atoms with Crippen molar-refractivity contribution in [1.82, 2.24) is 9.80 Å². The molecule has 2 aromatic carbocycles. The van der Waals surface area contributed by atoms with Gasteiger partial charge in [0.1, 0.15) is 17.3 Å². The number of nitrogens with zero attached hydrogens (tertiary/aromatic N) is 2. The van der Waals surface area contributed by atoms with Gasteiger partial charge in [0.2, 0.25) is 0 Å². The molecule has 1 aliphatic heterocycles. The average Bonchev–Trinajstić information content (AvgIpc) is 2.69. The Balaban J connectivity index is 1.50. The van der Waals surface area contributed by atoms with Gasteiger partial charge in [-0.3, -0.25) is 9.69 Å². The molecule has 3 rings (SSSR count). The monoisotopic (exact) mass is 406 g/mol. The Bertz CT molecular complexity index is 838. The van der Waals surface area contributed by atoms with Crippen LogP contribution in [0.2, 0.25) is 5.02 Å². The molecule has 1 saturated heterocycles. The fourth-order valence-corrected chi connectivity index (χ4v) is 3.39. The number of piperazine rings is 1. The maximum absolute atomic E-state index is 13.5. The van der Waals surface area contributed by atoms with Crippen LogP contribution in [0, 0.1) is 12.7 Å². The van der Waals surface area contributed by atoms with Crippen molar-refractivity contribution < 1.29 is 18.7 Å². The van der Waals surface area contributed by atoms with Crippen LogP contribution in [0.1, 0.15) is 11.1 Å². The van der Waals surface area contributed by atoms with E-state index in [1.54, 1.807) is 24.1 Å². The van der Waals surface area contributed by atoms with Gasteiger partial charge in [-0.15, -0.1) is 0 Å². The third kappa shape index (κ3) is 5.14. The summed E-state index contributed by atoms with van der Waals surface area (Å²) in [4.78, 5) is 16.4. The topological polar surface area (TPSA) is 42.0 Å². The van der Waals surface area contributed by atoms with E-state index < -0.39 is 0 Å². The molecule has 0 N–H and O–H groups in total. The zero-order valence-electron chi connectivity index (χ0n) is 16.1. The third-order valence-electron chi connectivity index (χ3n) is 4.80. The lowest BCUT2D eigenvalue weighted by Crippen LogP contribution is -2.49. The van der Waals surface area contributed by atoms with E-state index in [-0.39, 0.29) is 18.3 Å². The molecule has 7 heteroatoms. The van der Waals surface area contributed by atoms with Crippen LogP contribution >= 0.6 is 11.6 Å². The number of hydrogen-bond donors (Lipinski definition) is 0. The minimum Gasteiger partial charge on any atom is -0.496 e. The van der Waals surface area contributed by atoms with Crippen LogP contribution in [0.4, 0.5) is 4.39 Å². The number of halogens is 2. The number of aryl methyl sites for hydroxylation is 1. The van der Waals surface area contributed by atoms with Crippen molar-refractivity contribution in [3.63, 3.8) is 0 Å². The van der Waals surface area contributed by atoms with Gasteiger partial charge in [-0.25, -0.2) is 4.39 Å². The first kappa shape index (κ1) is 20.4. The van der Waals surface area contributed by atoms with Crippen LogP contribution < -0.4 is 9.47 Å². The van der Waals surface area contributed by atoms with E-state index in [1.165, 1.54) is 12.1 Å². The average molecular weight is 407 g/mol. The lowest BCUT2D eigenvalue weighted by atomic mass is 10.1. The van der Waals surface area contributed by atoms with E-state index in [4.69, 9.17) is 21.1 Å². The van der Waals surface area contributed by atoms with Crippen LogP contribution in [0.15, 0.2) is 36.4 Å². The Labute approximate surface area is 169 Å². The molecular formula is C21H24ClFN2O3. The van der Waals surface area contributed by atoms with Gasteiger partial charge in [0.05, 0.1) is 12.1 Å². The minimum absolute atomic E-state index is 0.0408. The van der Waals surface area contributed by atoms with Crippen molar-refractivity contribution in [2.75, 3.05) is 39.9 Å². The summed E-state index contributed by atoms with van der Waals surface area (Å²) in [5.74, 6) is 0.840. The highest BCUT2D eigenvalue weighted by molar-refractivity contribution is 6.32. The normalized spacial score (nSPS) is 14.8. The molecule has 28 heavy (non-hydrogen) atoms. The molecular weight excluding hydrogens is 383 g/mol. The second-order valence-corrected chi connectivity index (χ2v) is 7.24. The highest BCUT2D eigenvalue weighted by Crippen LogP contribution is 2.25. The van der Waals surface area contributed by atoms with Crippen LogP contribution in [0.25, 0.3) is 0 Å². The van der Waals surface area contributed by atoms with Gasteiger partial charge in [0.25, 0.3) is 5.91 Å². The zero-order chi connectivity index (χ0) is 20.1. The van der Waals surface area contributed by atoms with Crippen molar-refractivity contribution in [1.29, 1.82) is 0 Å². The Morgan fingerprint density at radius 2 is 1.86 bits per heavy atom. The quantitative estimate of drug-likeness (QED) is 0.736. The largest absolute Gasteiger partial charge is 0.496 e. The summed E-state index contributed by atoms with van der Waals surface area (Å²) in [7, 11) is 1.58. The summed E-state index contributed by atoms with van der Waals surface area (Å²) in [5, 5.41) is 0.493. The van der Waals surface area contributed by atoms with Crippen molar-refractivity contribution in [3.05, 3.63) is 58.4 Å². The fraction of sp³-hybridized carbons (Fsp3) is 0.381. The number of carbonyl (C=O) groups excluding carboxylic acids is 1. The number of ether oxygens (including phenoxy) is 2. The number of methoxy groups -OCH3 is 1. The Kier molecular flexibility index (Phi) is 6.75. The number of benzene rings is 2. The smallest absolute Gasteiger partial charge is 0.260 e. The summed E-state index contributed by atoms with van der Waals surface area (Å²) in [6.45, 7) is 5.09. The number of rotatable bonds is 6. The summed E-state index contributed by atoms with van der Waals surface area (Å²) in [6, 6.07) is 9.99. The molecule has 0 atom stereocenters. The number of amides is 1. The van der Waals surface area contributed by atoms with Gasteiger partial charge in [0, 0.05) is 38.3 Å². The van der Waals surface area contributed by atoms with Crippen LogP contribution in [0.3, 0.4) is 0 Å². The summed E-state index contributed by atoms with van der Waals surface area (Å²) >= 11 is 6.10. The number of carbonyl (C=O) groups is 1. The van der Waals surface area contributed by atoms with E-state index in [1.807, 2.05) is 19.1 Å². The van der Waals surface area contributed by atoms with Crippen LogP contribution in [0.5, 0.6) is 11.5 Å². The fourth-order valence-electron chi connectivity index (χ4n) is 3.22. The molecule has 0 radical (unpaired) electrons. The Hall–Kier alpha value is -2.31. The van der Waals surface area contributed by atoms with Gasteiger partial charge in [0.15, 0.2) is 6.61 Å². The molecule has 1 heterocycles. The summed E-state index contributed by atoms with van der Waals surface area (Å²) < 4.78 is 24.4. The first-order valence-electron chi connectivity index (χ1n) is 9.18. The summed E-state index contributed by atoms with van der Waals surface area (Å²) in [5.41, 5.74) is 1.83. The molecule has 0 aliphatic carbocycles. The lowest BCUT2D eigenvalue weighted by Gasteiger charge is -2.34. The maximum Gasteiger partial charge on any atom is 0.260 e. The van der Waals surface area contributed by atoms with E-state index in [2.05, 4.69) is 4.90 Å². The maximum atomic E-state index is 13.5. The second kappa shape index (κ2) is 9.26. The first-order valence-corrected chi connectivity index (χ1v) is 9.55. The van der Waals surface area contributed by atoms with Crippen LogP contribution in [-0.4, -0.2) is 55.6 Å². The van der Waals surface area contributed by atoms with E-state index >= 15 is 0 Å². The molecule has 0 bridgehead atoms. The SMILES string of the molecule is COc1ccc(F)cc1CN1CCN(C(=O)COc2cc(C)ccc2Cl)CC1. The molecule has 1 aliphatic rings. The summed E-state index contributed by atoms with van der Waals surface area (Å²) in [6.07, 6.45) is 0. The molecule has 150 valence electrons. The molecule has 0 aromatic heterocycles.